The smallest absolute Gasteiger partial charge is 0.225 e. The minimum absolute atomic E-state index is 0.308. The quantitative estimate of drug-likeness (QED) is 0.767. The van der Waals surface area contributed by atoms with Gasteiger partial charge < -0.3 is 10.6 Å². The van der Waals surface area contributed by atoms with Crippen LogP contribution in [0.1, 0.15) is 4.88 Å². The Morgan fingerprint density at radius 2 is 2.00 bits per heavy atom. The van der Waals surface area contributed by atoms with Gasteiger partial charge in [0.1, 0.15) is 16.5 Å². The van der Waals surface area contributed by atoms with Crippen molar-refractivity contribution in [1.82, 2.24) is 9.97 Å². The zero-order chi connectivity index (χ0) is 14.1. The molecule has 0 saturated heterocycles. The molecule has 6 heteroatoms. The third-order valence-electron chi connectivity index (χ3n) is 2.87. The summed E-state index contributed by atoms with van der Waals surface area (Å²) in [5.41, 5.74) is 0.401. The molecule has 1 aromatic carbocycles. The van der Waals surface area contributed by atoms with Gasteiger partial charge in [0.2, 0.25) is 5.95 Å². The first kappa shape index (κ1) is 12.8. The Morgan fingerprint density at radius 3 is 2.75 bits per heavy atom. The van der Waals surface area contributed by atoms with E-state index in [1.165, 1.54) is 6.07 Å². The highest BCUT2D eigenvalue weighted by molar-refractivity contribution is 7.18. The Morgan fingerprint density at radius 1 is 1.20 bits per heavy atom. The number of hydrogen-bond acceptors (Lipinski definition) is 5. The monoisotopic (exact) mass is 288 g/mol. The van der Waals surface area contributed by atoms with Crippen LogP contribution >= 0.6 is 11.3 Å². The van der Waals surface area contributed by atoms with Crippen molar-refractivity contribution in [2.45, 2.75) is 6.92 Å². The minimum atomic E-state index is -0.308. The summed E-state index contributed by atoms with van der Waals surface area (Å²) in [5, 5.41) is 6.86. The van der Waals surface area contributed by atoms with Crippen LogP contribution in [0.15, 0.2) is 30.3 Å². The predicted octanol–water partition coefficient (Wildman–Crippen LogP) is 3.92. The molecule has 20 heavy (non-hydrogen) atoms. The van der Waals surface area contributed by atoms with E-state index >= 15 is 0 Å². The van der Waals surface area contributed by atoms with Gasteiger partial charge in [0.15, 0.2) is 0 Å². The fourth-order valence-corrected chi connectivity index (χ4v) is 2.82. The number of halogens is 1. The lowest BCUT2D eigenvalue weighted by Gasteiger charge is -2.09. The number of nitrogens with one attached hydrogen (secondary N) is 2. The Labute approximate surface area is 119 Å². The van der Waals surface area contributed by atoms with Crippen LogP contribution in [0.4, 0.5) is 21.8 Å². The van der Waals surface area contributed by atoms with Crippen LogP contribution in [0, 0.1) is 12.7 Å². The third-order valence-corrected chi connectivity index (χ3v) is 3.81. The van der Waals surface area contributed by atoms with Crippen molar-refractivity contribution in [3.8, 4) is 0 Å². The van der Waals surface area contributed by atoms with Crippen LogP contribution in [-0.2, 0) is 0 Å². The number of thiophene rings is 1. The van der Waals surface area contributed by atoms with Crippen LogP contribution in [0.3, 0.4) is 0 Å². The number of anilines is 3. The van der Waals surface area contributed by atoms with Crippen LogP contribution in [0.2, 0.25) is 0 Å². The summed E-state index contributed by atoms with van der Waals surface area (Å²) in [6, 6.07) is 8.54. The highest BCUT2D eigenvalue weighted by Crippen LogP contribution is 2.31. The van der Waals surface area contributed by atoms with E-state index in [2.05, 4.69) is 20.6 Å². The molecule has 3 rings (SSSR count). The van der Waals surface area contributed by atoms with E-state index in [-0.39, 0.29) is 5.82 Å². The fourth-order valence-electron chi connectivity index (χ4n) is 1.94. The number of fused-ring (bicyclic) bond motifs is 1. The molecule has 0 radical (unpaired) electrons. The molecular formula is C14H13FN4S. The zero-order valence-corrected chi connectivity index (χ0v) is 11.9. The molecule has 2 N–H and O–H groups in total. The molecule has 0 saturated carbocycles. The molecule has 2 heterocycles. The summed E-state index contributed by atoms with van der Waals surface area (Å²) >= 11 is 1.59. The van der Waals surface area contributed by atoms with Crippen molar-refractivity contribution >= 4 is 39.0 Å². The number of benzene rings is 1. The minimum Gasteiger partial charge on any atom is -0.357 e. The average Bonchev–Trinajstić information content (AvgIpc) is 2.81. The molecule has 0 aliphatic carbocycles. The molecule has 0 bridgehead atoms. The van der Waals surface area contributed by atoms with Crippen LogP contribution in [0.25, 0.3) is 10.2 Å². The second kappa shape index (κ2) is 5.05. The molecule has 0 unspecified atom stereocenters. The first-order valence-corrected chi connectivity index (χ1v) is 6.96. The highest BCUT2D eigenvalue weighted by Gasteiger charge is 2.11. The predicted molar refractivity (Wildman–Crippen MR) is 81.4 cm³/mol. The Hall–Kier alpha value is -2.21. The summed E-state index contributed by atoms with van der Waals surface area (Å²) in [4.78, 5) is 10.8. The van der Waals surface area contributed by atoms with Crippen molar-refractivity contribution < 1.29 is 4.39 Å². The molecule has 102 valence electrons. The van der Waals surface area contributed by atoms with Gasteiger partial charge in [-0.2, -0.15) is 4.98 Å². The maximum atomic E-state index is 13.7. The number of nitrogens with zero attached hydrogens (tertiary/aromatic N) is 2. The lowest BCUT2D eigenvalue weighted by molar-refractivity contribution is 0.632. The molecule has 0 spiro atoms. The average molecular weight is 288 g/mol. The van der Waals surface area contributed by atoms with Crippen LogP contribution in [-0.4, -0.2) is 17.0 Å². The Kier molecular flexibility index (Phi) is 3.23. The second-order valence-electron chi connectivity index (χ2n) is 4.33. The molecule has 0 aliphatic rings. The number of rotatable bonds is 3. The van der Waals surface area contributed by atoms with Gasteiger partial charge >= 0.3 is 0 Å². The summed E-state index contributed by atoms with van der Waals surface area (Å²) < 4.78 is 13.7. The second-order valence-corrected chi connectivity index (χ2v) is 5.56. The number of aryl methyl sites for hydroxylation is 1. The molecular weight excluding hydrogens is 275 g/mol. The molecule has 0 fully saturated rings. The van der Waals surface area contributed by atoms with Gasteiger partial charge in [-0.25, -0.2) is 9.37 Å². The van der Waals surface area contributed by atoms with Gasteiger partial charge in [0, 0.05) is 11.9 Å². The molecule has 0 atom stereocenters. The number of hydrogen-bond donors (Lipinski definition) is 2. The first-order valence-electron chi connectivity index (χ1n) is 6.15. The van der Waals surface area contributed by atoms with Gasteiger partial charge in [-0.15, -0.1) is 11.3 Å². The maximum absolute atomic E-state index is 13.7. The van der Waals surface area contributed by atoms with Gasteiger partial charge in [-0.1, -0.05) is 12.1 Å². The first-order chi connectivity index (χ1) is 9.67. The van der Waals surface area contributed by atoms with E-state index in [0.29, 0.717) is 17.5 Å². The van der Waals surface area contributed by atoms with Crippen LogP contribution < -0.4 is 10.6 Å². The van der Waals surface area contributed by atoms with E-state index in [1.54, 1.807) is 36.6 Å². The summed E-state index contributed by atoms with van der Waals surface area (Å²) in [6.45, 7) is 2.01. The van der Waals surface area contributed by atoms with Crippen molar-refractivity contribution in [3.63, 3.8) is 0 Å². The normalized spacial score (nSPS) is 10.8. The van der Waals surface area contributed by atoms with Crippen LogP contribution in [0.5, 0.6) is 0 Å². The summed E-state index contributed by atoms with van der Waals surface area (Å²) in [5.74, 6) is 0.809. The Bertz CT molecular complexity index is 769. The Balaban J connectivity index is 2.12. The molecule has 4 nitrogen and oxygen atoms in total. The molecule has 0 amide bonds. The lowest BCUT2D eigenvalue weighted by Crippen LogP contribution is -2.01. The number of para-hydroxylation sites is 1. The van der Waals surface area contributed by atoms with Crippen molar-refractivity contribution in [2.75, 3.05) is 17.7 Å². The van der Waals surface area contributed by atoms with E-state index in [1.807, 2.05) is 13.0 Å². The fraction of sp³-hybridized carbons (Fsp3) is 0.143. The lowest BCUT2D eigenvalue weighted by atomic mass is 10.3. The van der Waals surface area contributed by atoms with E-state index in [4.69, 9.17) is 0 Å². The largest absolute Gasteiger partial charge is 0.357 e. The summed E-state index contributed by atoms with van der Waals surface area (Å²) in [7, 11) is 1.76. The SMILES string of the molecule is CNc1nc(Nc2ccccc2F)c2cc(C)sc2n1. The standard InChI is InChI=1S/C14H13FN4S/c1-8-7-9-12(17-11-6-4-3-5-10(11)15)18-14(16-2)19-13(9)20-8/h3-7H,1-2H3,(H2,16,17,18,19). The van der Waals surface area contributed by atoms with Gasteiger partial charge in [0.25, 0.3) is 0 Å². The van der Waals surface area contributed by atoms with E-state index < -0.39 is 0 Å². The molecule has 3 aromatic rings. The van der Waals surface area contributed by atoms with E-state index in [0.717, 1.165) is 15.1 Å². The molecule has 2 aromatic heterocycles. The highest BCUT2D eigenvalue weighted by atomic mass is 32.1. The van der Waals surface area contributed by atoms with E-state index in [9.17, 15) is 4.39 Å². The number of aromatic nitrogens is 2. The molecule has 0 aliphatic heterocycles. The van der Waals surface area contributed by atoms with Gasteiger partial charge in [0.05, 0.1) is 11.1 Å². The van der Waals surface area contributed by atoms with Gasteiger partial charge in [-0.05, 0) is 25.1 Å². The van der Waals surface area contributed by atoms with Crippen molar-refractivity contribution in [3.05, 3.63) is 41.0 Å². The van der Waals surface area contributed by atoms with Crippen molar-refractivity contribution in [1.29, 1.82) is 0 Å². The summed E-state index contributed by atoms with van der Waals surface area (Å²) in [6.07, 6.45) is 0. The zero-order valence-electron chi connectivity index (χ0n) is 11.1. The maximum Gasteiger partial charge on any atom is 0.225 e. The van der Waals surface area contributed by atoms with Crippen molar-refractivity contribution in [2.24, 2.45) is 0 Å². The third kappa shape index (κ3) is 2.30. The van der Waals surface area contributed by atoms with Gasteiger partial charge in [-0.3, -0.25) is 0 Å². The topological polar surface area (TPSA) is 49.8 Å².